The number of alkyl halides is 3. The number of rotatable bonds is 9. The molecule has 0 spiro atoms. The van der Waals surface area contributed by atoms with E-state index in [9.17, 15) is 13.2 Å². The average molecular weight is 319 g/mol. The molecule has 0 unspecified atom stereocenters. The fraction of sp³-hybridized carbons (Fsp3) is 0.625. The third-order valence-electron chi connectivity index (χ3n) is 3.15. The maximum Gasteiger partial charge on any atom is 0.416 e. The molecular weight excluding hydrogens is 295 g/mol. The van der Waals surface area contributed by atoms with Crippen LogP contribution < -0.4 is 5.32 Å². The molecule has 1 N–H and O–H groups in total. The Labute approximate surface area is 129 Å². The molecule has 0 amide bonds. The SMILES string of the molecule is CCCCCSc1ccc(CNCCC)c(C(F)(F)F)c1. The monoisotopic (exact) mass is 319 g/mol. The van der Waals surface area contributed by atoms with Gasteiger partial charge in [-0.05, 0) is 42.8 Å². The van der Waals surface area contributed by atoms with Gasteiger partial charge in [0.25, 0.3) is 0 Å². The molecule has 0 heterocycles. The topological polar surface area (TPSA) is 12.0 Å². The second kappa shape index (κ2) is 9.36. The Morgan fingerprint density at radius 1 is 1.10 bits per heavy atom. The van der Waals surface area contributed by atoms with Crippen LogP contribution >= 0.6 is 11.8 Å². The standard InChI is InChI=1S/C16H24F3NS/c1-3-5-6-10-21-14-8-7-13(12-20-9-4-2)15(11-14)16(17,18)19/h7-8,11,20H,3-6,9-10,12H2,1-2H3. The fourth-order valence-electron chi connectivity index (χ4n) is 2.01. The highest BCUT2D eigenvalue weighted by Gasteiger charge is 2.33. The van der Waals surface area contributed by atoms with Gasteiger partial charge in [-0.2, -0.15) is 13.2 Å². The molecule has 21 heavy (non-hydrogen) atoms. The Morgan fingerprint density at radius 2 is 1.86 bits per heavy atom. The molecule has 0 saturated heterocycles. The summed E-state index contributed by atoms with van der Waals surface area (Å²) in [4.78, 5) is 0.706. The predicted octanol–water partition coefficient (Wildman–Crippen LogP) is 5.49. The maximum atomic E-state index is 13.1. The summed E-state index contributed by atoms with van der Waals surface area (Å²) in [6.45, 7) is 5.10. The van der Waals surface area contributed by atoms with Gasteiger partial charge in [0.15, 0.2) is 0 Å². The molecule has 0 fully saturated rings. The van der Waals surface area contributed by atoms with Crippen molar-refractivity contribution in [3.8, 4) is 0 Å². The zero-order valence-corrected chi connectivity index (χ0v) is 13.5. The van der Waals surface area contributed by atoms with Crippen molar-refractivity contribution in [2.45, 2.75) is 57.1 Å². The van der Waals surface area contributed by atoms with Crippen LogP contribution in [0.3, 0.4) is 0 Å². The summed E-state index contributed by atoms with van der Waals surface area (Å²) in [6, 6.07) is 4.70. The van der Waals surface area contributed by atoms with Crippen molar-refractivity contribution in [1.82, 2.24) is 5.32 Å². The van der Waals surface area contributed by atoms with Gasteiger partial charge in [-0.1, -0.05) is 32.8 Å². The third-order valence-corrected chi connectivity index (χ3v) is 4.23. The molecule has 0 aromatic heterocycles. The van der Waals surface area contributed by atoms with Crippen LogP contribution in [0.4, 0.5) is 13.2 Å². The highest BCUT2D eigenvalue weighted by Crippen LogP contribution is 2.35. The Kier molecular flexibility index (Phi) is 8.19. The summed E-state index contributed by atoms with van der Waals surface area (Å²) < 4.78 is 39.4. The van der Waals surface area contributed by atoms with Gasteiger partial charge >= 0.3 is 6.18 Å². The first-order valence-electron chi connectivity index (χ1n) is 7.52. The zero-order valence-electron chi connectivity index (χ0n) is 12.7. The van der Waals surface area contributed by atoms with Gasteiger partial charge in [0.1, 0.15) is 0 Å². The zero-order chi connectivity index (χ0) is 15.7. The molecular formula is C16H24F3NS. The van der Waals surface area contributed by atoms with Gasteiger partial charge < -0.3 is 5.32 Å². The normalized spacial score (nSPS) is 11.9. The summed E-state index contributed by atoms with van der Waals surface area (Å²) in [5.41, 5.74) is -0.180. The van der Waals surface area contributed by atoms with Crippen molar-refractivity contribution >= 4 is 11.8 Å². The van der Waals surface area contributed by atoms with Crippen LogP contribution in [0.1, 0.15) is 50.7 Å². The number of hydrogen-bond donors (Lipinski definition) is 1. The highest BCUT2D eigenvalue weighted by molar-refractivity contribution is 7.99. The van der Waals surface area contributed by atoms with E-state index in [1.807, 2.05) is 6.92 Å². The van der Waals surface area contributed by atoms with Gasteiger partial charge in [-0.15, -0.1) is 11.8 Å². The van der Waals surface area contributed by atoms with Gasteiger partial charge in [0.2, 0.25) is 0 Å². The van der Waals surface area contributed by atoms with Gasteiger partial charge in [0, 0.05) is 11.4 Å². The van der Waals surface area contributed by atoms with Crippen LogP contribution in [0.25, 0.3) is 0 Å². The van der Waals surface area contributed by atoms with E-state index >= 15 is 0 Å². The third kappa shape index (κ3) is 6.74. The van der Waals surface area contributed by atoms with E-state index in [2.05, 4.69) is 12.2 Å². The Morgan fingerprint density at radius 3 is 2.48 bits per heavy atom. The number of benzene rings is 1. The van der Waals surface area contributed by atoms with E-state index in [1.165, 1.54) is 17.8 Å². The second-order valence-electron chi connectivity index (χ2n) is 5.05. The summed E-state index contributed by atoms with van der Waals surface area (Å²) in [6.07, 6.45) is -0.0905. The van der Waals surface area contributed by atoms with Crippen molar-refractivity contribution in [1.29, 1.82) is 0 Å². The Balaban J connectivity index is 2.76. The van der Waals surface area contributed by atoms with Crippen molar-refractivity contribution in [3.63, 3.8) is 0 Å². The van der Waals surface area contributed by atoms with E-state index in [0.29, 0.717) is 10.5 Å². The summed E-state index contributed by atoms with van der Waals surface area (Å²) in [5.74, 6) is 0.874. The lowest BCUT2D eigenvalue weighted by molar-refractivity contribution is -0.138. The molecule has 0 atom stereocenters. The van der Waals surface area contributed by atoms with Crippen LogP contribution in [0.2, 0.25) is 0 Å². The van der Waals surface area contributed by atoms with Crippen LogP contribution in [-0.2, 0) is 12.7 Å². The molecule has 0 aliphatic carbocycles. The maximum absolute atomic E-state index is 13.1. The van der Waals surface area contributed by atoms with Crippen molar-refractivity contribution in [2.75, 3.05) is 12.3 Å². The molecule has 0 saturated carbocycles. The van der Waals surface area contributed by atoms with Crippen molar-refractivity contribution < 1.29 is 13.2 Å². The molecule has 0 aliphatic heterocycles. The molecule has 120 valence electrons. The largest absolute Gasteiger partial charge is 0.416 e. The van der Waals surface area contributed by atoms with Crippen LogP contribution in [0.5, 0.6) is 0 Å². The van der Waals surface area contributed by atoms with E-state index < -0.39 is 11.7 Å². The second-order valence-corrected chi connectivity index (χ2v) is 6.22. The molecule has 0 radical (unpaired) electrons. The van der Waals surface area contributed by atoms with Gasteiger partial charge in [-0.25, -0.2) is 0 Å². The van der Waals surface area contributed by atoms with E-state index in [-0.39, 0.29) is 6.54 Å². The molecule has 0 bridgehead atoms. The lowest BCUT2D eigenvalue weighted by atomic mass is 10.1. The van der Waals surface area contributed by atoms with Crippen molar-refractivity contribution in [3.05, 3.63) is 29.3 Å². The quantitative estimate of drug-likeness (QED) is 0.477. The summed E-state index contributed by atoms with van der Waals surface area (Å²) in [7, 11) is 0. The number of thioether (sulfide) groups is 1. The minimum Gasteiger partial charge on any atom is -0.313 e. The average Bonchev–Trinajstić information content (AvgIpc) is 2.44. The van der Waals surface area contributed by atoms with E-state index in [1.54, 1.807) is 12.1 Å². The van der Waals surface area contributed by atoms with Crippen LogP contribution in [-0.4, -0.2) is 12.3 Å². The molecule has 1 nitrogen and oxygen atoms in total. The highest BCUT2D eigenvalue weighted by atomic mass is 32.2. The van der Waals surface area contributed by atoms with Crippen molar-refractivity contribution in [2.24, 2.45) is 0 Å². The fourth-order valence-corrected chi connectivity index (χ4v) is 2.95. The predicted molar refractivity (Wildman–Crippen MR) is 83.7 cm³/mol. The molecule has 1 aromatic carbocycles. The van der Waals surface area contributed by atoms with E-state index in [0.717, 1.165) is 38.0 Å². The minimum absolute atomic E-state index is 0.267. The lowest BCUT2D eigenvalue weighted by Gasteiger charge is -2.15. The summed E-state index contributed by atoms with van der Waals surface area (Å²) in [5, 5.41) is 3.04. The van der Waals surface area contributed by atoms with E-state index in [4.69, 9.17) is 0 Å². The number of nitrogens with one attached hydrogen (secondary N) is 1. The first-order chi connectivity index (χ1) is 9.99. The first-order valence-corrected chi connectivity index (χ1v) is 8.51. The molecule has 1 rings (SSSR count). The smallest absolute Gasteiger partial charge is 0.313 e. The first kappa shape index (κ1) is 18.4. The minimum atomic E-state index is -4.29. The Hall–Kier alpha value is -0.680. The van der Waals surface area contributed by atoms with Crippen LogP contribution in [0.15, 0.2) is 23.1 Å². The Bertz CT molecular complexity index is 418. The lowest BCUT2D eigenvalue weighted by Crippen LogP contribution is -2.18. The van der Waals surface area contributed by atoms with Crippen LogP contribution in [0, 0.1) is 0 Å². The number of halogens is 3. The summed E-state index contributed by atoms with van der Waals surface area (Å²) >= 11 is 1.51. The number of unbranched alkanes of at least 4 members (excludes halogenated alkanes) is 2. The molecule has 0 aliphatic rings. The van der Waals surface area contributed by atoms with Gasteiger partial charge in [-0.3, -0.25) is 0 Å². The van der Waals surface area contributed by atoms with Gasteiger partial charge in [0.05, 0.1) is 5.56 Å². The number of hydrogen-bond acceptors (Lipinski definition) is 2. The molecule has 5 heteroatoms. The molecule has 1 aromatic rings.